The molecule has 1 aromatic rings. The van der Waals surface area contributed by atoms with Crippen molar-refractivity contribution in [1.29, 1.82) is 0 Å². The molecule has 0 radical (unpaired) electrons. The number of aryl methyl sites for hydroxylation is 2. The van der Waals surface area contributed by atoms with Crippen LogP contribution in [0.15, 0.2) is 10.5 Å². The van der Waals surface area contributed by atoms with Gasteiger partial charge in [-0.3, -0.25) is 10.0 Å². The minimum absolute atomic E-state index is 0.366. The Morgan fingerprint density at radius 1 is 1.64 bits per heavy atom. The molecule has 1 rings (SSSR count). The number of hydrogen-bond acceptors (Lipinski definition) is 3. The van der Waals surface area contributed by atoms with Crippen molar-refractivity contribution in [3.8, 4) is 0 Å². The normalized spacial score (nSPS) is 9.73. The molecule has 0 saturated carbocycles. The van der Waals surface area contributed by atoms with Crippen LogP contribution in [0.5, 0.6) is 0 Å². The van der Waals surface area contributed by atoms with E-state index < -0.39 is 5.91 Å². The van der Waals surface area contributed by atoms with Crippen LogP contribution in [0.3, 0.4) is 0 Å². The van der Waals surface area contributed by atoms with Crippen LogP contribution in [0.25, 0.3) is 0 Å². The SMILES string of the molecule is Cc1cc(C(=O)NO)c(C)o1. The van der Waals surface area contributed by atoms with Gasteiger partial charge in [0.1, 0.15) is 11.5 Å². The molecular formula is C7H9NO3. The molecule has 0 aliphatic carbocycles. The van der Waals surface area contributed by atoms with E-state index in [1.807, 2.05) is 0 Å². The van der Waals surface area contributed by atoms with Crippen molar-refractivity contribution in [2.45, 2.75) is 13.8 Å². The zero-order valence-electron chi connectivity index (χ0n) is 6.34. The van der Waals surface area contributed by atoms with Gasteiger partial charge in [0.15, 0.2) is 0 Å². The maximum absolute atomic E-state index is 10.8. The first kappa shape index (κ1) is 7.81. The van der Waals surface area contributed by atoms with Crippen LogP contribution < -0.4 is 5.48 Å². The molecule has 0 bridgehead atoms. The van der Waals surface area contributed by atoms with E-state index in [9.17, 15) is 4.79 Å². The topological polar surface area (TPSA) is 62.5 Å². The zero-order chi connectivity index (χ0) is 8.43. The predicted octanol–water partition coefficient (Wildman–Crippen LogP) is 1.02. The van der Waals surface area contributed by atoms with Gasteiger partial charge < -0.3 is 4.42 Å². The van der Waals surface area contributed by atoms with Gasteiger partial charge in [-0.25, -0.2) is 5.48 Å². The summed E-state index contributed by atoms with van der Waals surface area (Å²) in [5, 5.41) is 8.28. The average Bonchev–Trinajstić information content (AvgIpc) is 2.28. The van der Waals surface area contributed by atoms with Gasteiger partial charge in [0.25, 0.3) is 5.91 Å². The number of furan rings is 1. The van der Waals surface area contributed by atoms with E-state index >= 15 is 0 Å². The van der Waals surface area contributed by atoms with Gasteiger partial charge in [-0.2, -0.15) is 0 Å². The van der Waals surface area contributed by atoms with Gasteiger partial charge in [-0.1, -0.05) is 0 Å². The van der Waals surface area contributed by atoms with Crippen molar-refractivity contribution in [3.63, 3.8) is 0 Å². The van der Waals surface area contributed by atoms with E-state index in [4.69, 9.17) is 9.62 Å². The highest BCUT2D eigenvalue weighted by atomic mass is 16.5. The predicted molar refractivity (Wildman–Crippen MR) is 37.4 cm³/mol. The van der Waals surface area contributed by atoms with E-state index in [2.05, 4.69) is 0 Å². The third kappa shape index (κ3) is 1.40. The molecular weight excluding hydrogens is 146 g/mol. The lowest BCUT2D eigenvalue weighted by Gasteiger charge is -1.92. The van der Waals surface area contributed by atoms with Crippen LogP contribution in [0.2, 0.25) is 0 Å². The summed E-state index contributed by atoms with van der Waals surface area (Å²) in [5.41, 5.74) is 1.90. The number of hydrogen-bond donors (Lipinski definition) is 2. The van der Waals surface area contributed by atoms with Crippen molar-refractivity contribution in [2.24, 2.45) is 0 Å². The van der Waals surface area contributed by atoms with Crippen LogP contribution in [-0.2, 0) is 0 Å². The second kappa shape index (κ2) is 2.75. The van der Waals surface area contributed by atoms with Crippen molar-refractivity contribution in [1.82, 2.24) is 5.48 Å². The van der Waals surface area contributed by atoms with E-state index in [1.54, 1.807) is 19.9 Å². The quantitative estimate of drug-likeness (QED) is 0.470. The van der Waals surface area contributed by atoms with Gasteiger partial charge in [0, 0.05) is 0 Å². The number of carbonyl (C=O) groups excluding carboxylic acids is 1. The summed E-state index contributed by atoms with van der Waals surface area (Å²) in [5.74, 6) is 0.620. The molecule has 0 unspecified atom stereocenters. The lowest BCUT2D eigenvalue weighted by atomic mass is 10.2. The Morgan fingerprint density at radius 3 is 2.64 bits per heavy atom. The summed E-state index contributed by atoms with van der Waals surface area (Å²) in [4.78, 5) is 10.8. The largest absolute Gasteiger partial charge is 0.466 e. The Morgan fingerprint density at radius 2 is 2.27 bits per heavy atom. The lowest BCUT2D eigenvalue weighted by Crippen LogP contribution is -2.18. The molecule has 4 nitrogen and oxygen atoms in total. The lowest BCUT2D eigenvalue weighted by molar-refractivity contribution is 0.0704. The second-order valence-corrected chi connectivity index (χ2v) is 2.27. The van der Waals surface area contributed by atoms with Crippen LogP contribution >= 0.6 is 0 Å². The smallest absolute Gasteiger partial charge is 0.278 e. The monoisotopic (exact) mass is 155 g/mol. The Kier molecular flexibility index (Phi) is 1.96. The maximum Gasteiger partial charge on any atom is 0.278 e. The molecule has 4 heteroatoms. The summed E-state index contributed by atoms with van der Waals surface area (Å²) >= 11 is 0. The van der Waals surface area contributed by atoms with E-state index in [1.165, 1.54) is 5.48 Å². The van der Waals surface area contributed by atoms with E-state index in [0.29, 0.717) is 17.1 Å². The zero-order valence-corrected chi connectivity index (χ0v) is 6.34. The van der Waals surface area contributed by atoms with Crippen LogP contribution in [0.4, 0.5) is 0 Å². The van der Waals surface area contributed by atoms with Gasteiger partial charge in [-0.15, -0.1) is 0 Å². The molecule has 0 aromatic carbocycles. The molecule has 1 heterocycles. The molecule has 2 N–H and O–H groups in total. The van der Waals surface area contributed by atoms with Crippen molar-refractivity contribution in [2.75, 3.05) is 0 Å². The fourth-order valence-electron chi connectivity index (χ4n) is 0.916. The molecule has 0 fully saturated rings. The van der Waals surface area contributed by atoms with Gasteiger partial charge in [0.05, 0.1) is 5.56 Å². The summed E-state index contributed by atoms with van der Waals surface area (Å²) in [6, 6.07) is 1.57. The summed E-state index contributed by atoms with van der Waals surface area (Å²) in [7, 11) is 0. The number of nitrogens with one attached hydrogen (secondary N) is 1. The first-order valence-electron chi connectivity index (χ1n) is 3.16. The molecule has 0 saturated heterocycles. The Bertz CT molecular complexity index is 277. The number of hydroxylamine groups is 1. The van der Waals surface area contributed by atoms with E-state index in [-0.39, 0.29) is 0 Å². The standard InChI is InChI=1S/C7H9NO3/c1-4-3-6(5(2)11-4)7(9)8-10/h3,10H,1-2H3,(H,8,9). The number of amides is 1. The fraction of sp³-hybridized carbons (Fsp3) is 0.286. The average molecular weight is 155 g/mol. The highest BCUT2D eigenvalue weighted by molar-refractivity contribution is 5.94. The fourth-order valence-corrected chi connectivity index (χ4v) is 0.916. The molecule has 0 atom stereocenters. The molecule has 0 aliphatic heterocycles. The van der Waals surface area contributed by atoms with Crippen molar-refractivity contribution in [3.05, 3.63) is 23.2 Å². The molecule has 1 amide bonds. The van der Waals surface area contributed by atoms with Crippen LogP contribution in [-0.4, -0.2) is 11.1 Å². The molecule has 11 heavy (non-hydrogen) atoms. The third-order valence-electron chi connectivity index (χ3n) is 1.39. The minimum Gasteiger partial charge on any atom is -0.466 e. The first-order valence-corrected chi connectivity index (χ1v) is 3.16. The highest BCUT2D eigenvalue weighted by Crippen LogP contribution is 2.12. The molecule has 0 spiro atoms. The Hall–Kier alpha value is -1.29. The number of carbonyl (C=O) groups is 1. The maximum atomic E-state index is 10.8. The van der Waals surface area contributed by atoms with Crippen LogP contribution in [0.1, 0.15) is 21.9 Å². The second-order valence-electron chi connectivity index (χ2n) is 2.27. The van der Waals surface area contributed by atoms with Crippen molar-refractivity contribution < 1.29 is 14.4 Å². The summed E-state index contributed by atoms with van der Waals surface area (Å²) < 4.78 is 5.07. The Labute approximate surface area is 63.8 Å². The Balaban J connectivity index is 3.03. The van der Waals surface area contributed by atoms with Gasteiger partial charge in [0.2, 0.25) is 0 Å². The third-order valence-corrected chi connectivity index (χ3v) is 1.39. The summed E-state index contributed by atoms with van der Waals surface area (Å²) in [6.07, 6.45) is 0. The first-order chi connectivity index (χ1) is 5.15. The highest BCUT2D eigenvalue weighted by Gasteiger charge is 2.11. The molecule has 1 aromatic heterocycles. The molecule has 0 aliphatic rings. The van der Waals surface area contributed by atoms with Gasteiger partial charge in [-0.05, 0) is 19.9 Å². The van der Waals surface area contributed by atoms with Crippen LogP contribution in [0, 0.1) is 13.8 Å². The van der Waals surface area contributed by atoms with Gasteiger partial charge >= 0.3 is 0 Å². The minimum atomic E-state index is -0.542. The number of rotatable bonds is 1. The molecule has 60 valence electrons. The van der Waals surface area contributed by atoms with E-state index in [0.717, 1.165) is 0 Å². The summed E-state index contributed by atoms with van der Waals surface area (Å²) in [6.45, 7) is 3.40. The van der Waals surface area contributed by atoms with Crippen molar-refractivity contribution >= 4 is 5.91 Å².